The molecule has 2 heterocycles. The van der Waals surface area contributed by atoms with Crippen LogP contribution < -0.4 is 10.6 Å². The molecule has 0 unspecified atom stereocenters. The summed E-state index contributed by atoms with van der Waals surface area (Å²) in [5.74, 6) is -1.21. The van der Waals surface area contributed by atoms with Crippen LogP contribution in [0.2, 0.25) is 0 Å². The SMILES string of the molecule is Cc1ncccc1NC(=O)Nc1cccnc1C(=O)O. The summed E-state index contributed by atoms with van der Waals surface area (Å²) in [6.07, 6.45) is 2.96. The Morgan fingerprint density at radius 3 is 2.30 bits per heavy atom. The standard InChI is InChI=1S/C13H12N4O3/c1-8-9(4-2-6-14-8)16-13(20)17-10-5-3-7-15-11(10)12(18)19/h2-7H,1H3,(H,18,19)(H2,16,17,20). The van der Waals surface area contributed by atoms with Crippen LogP contribution in [0.25, 0.3) is 0 Å². The number of urea groups is 1. The van der Waals surface area contributed by atoms with Gasteiger partial charge in [0, 0.05) is 12.4 Å². The van der Waals surface area contributed by atoms with Gasteiger partial charge in [0.2, 0.25) is 0 Å². The van der Waals surface area contributed by atoms with Crippen molar-refractivity contribution in [3.8, 4) is 0 Å². The van der Waals surface area contributed by atoms with E-state index in [0.29, 0.717) is 11.4 Å². The topological polar surface area (TPSA) is 104 Å². The highest BCUT2D eigenvalue weighted by atomic mass is 16.4. The molecule has 2 aromatic rings. The third-order valence-electron chi connectivity index (χ3n) is 2.51. The van der Waals surface area contributed by atoms with Crippen LogP contribution in [0.5, 0.6) is 0 Å². The van der Waals surface area contributed by atoms with Crippen molar-refractivity contribution >= 4 is 23.4 Å². The van der Waals surface area contributed by atoms with Crippen LogP contribution in [0.3, 0.4) is 0 Å². The summed E-state index contributed by atoms with van der Waals surface area (Å²) in [6, 6.07) is 5.83. The summed E-state index contributed by atoms with van der Waals surface area (Å²) >= 11 is 0. The van der Waals surface area contributed by atoms with Gasteiger partial charge in [-0.2, -0.15) is 0 Å². The average Bonchev–Trinajstić information content (AvgIpc) is 2.41. The fourth-order valence-electron chi connectivity index (χ4n) is 1.57. The monoisotopic (exact) mass is 272 g/mol. The molecule has 0 radical (unpaired) electrons. The van der Waals surface area contributed by atoms with Gasteiger partial charge in [-0.15, -0.1) is 0 Å². The molecule has 2 aromatic heterocycles. The van der Waals surface area contributed by atoms with E-state index >= 15 is 0 Å². The molecule has 0 spiro atoms. The van der Waals surface area contributed by atoms with Gasteiger partial charge in [0.05, 0.1) is 17.1 Å². The Labute approximate surface area is 114 Å². The predicted octanol–water partition coefficient (Wildman–Crippen LogP) is 2.13. The van der Waals surface area contributed by atoms with Gasteiger partial charge >= 0.3 is 12.0 Å². The Bertz CT molecular complexity index is 658. The highest BCUT2D eigenvalue weighted by Gasteiger charge is 2.13. The predicted molar refractivity (Wildman–Crippen MR) is 72.8 cm³/mol. The smallest absolute Gasteiger partial charge is 0.356 e. The van der Waals surface area contributed by atoms with Crippen LogP contribution in [-0.4, -0.2) is 27.1 Å². The van der Waals surface area contributed by atoms with E-state index in [9.17, 15) is 9.59 Å². The molecule has 2 rings (SSSR count). The number of hydrogen-bond donors (Lipinski definition) is 3. The molecule has 0 saturated carbocycles. The number of anilines is 2. The van der Waals surface area contributed by atoms with Crippen molar-refractivity contribution in [2.24, 2.45) is 0 Å². The van der Waals surface area contributed by atoms with Gasteiger partial charge in [-0.25, -0.2) is 14.6 Å². The van der Waals surface area contributed by atoms with E-state index in [1.54, 1.807) is 25.3 Å². The minimum atomic E-state index is -1.21. The van der Waals surface area contributed by atoms with Crippen molar-refractivity contribution in [2.75, 3.05) is 10.6 Å². The van der Waals surface area contributed by atoms with Crippen molar-refractivity contribution in [3.63, 3.8) is 0 Å². The number of amides is 2. The lowest BCUT2D eigenvalue weighted by Crippen LogP contribution is -2.22. The summed E-state index contributed by atoms with van der Waals surface area (Å²) < 4.78 is 0. The fourth-order valence-corrected chi connectivity index (χ4v) is 1.57. The van der Waals surface area contributed by atoms with E-state index in [1.165, 1.54) is 18.3 Å². The Morgan fingerprint density at radius 1 is 1.05 bits per heavy atom. The second kappa shape index (κ2) is 5.79. The Morgan fingerprint density at radius 2 is 1.65 bits per heavy atom. The average molecular weight is 272 g/mol. The third kappa shape index (κ3) is 3.08. The number of carboxylic acids is 1. The lowest BCUT2D eigenvalue weighted by Gasteiger charge is -2.10. The van der Waals surface area contributed by atoms with Gasteiger partial charge in [0.15, 0.2) is 5.69 Å². The Hall–Kier alpha value is -2.96. The van der Waals surface area contributed by atoms with Crippen LogP contribution in [0, 0.1) is 6.92 Å². The number of pyridine rings is 2. The number of rotatable bonds is 3. The first-order valence-electron chi connectivity index (χ1n) is 5.76. The minimum absolute atomic E-state index is 0.124. The number of carbonyl (C=O) groups is 2. The summed E-state index contributed by atoms with van der Waals surface area (Å²) in [7, 11) is 0. The zero-order valence-corrected chi connectivity index (χ0v) is 10.6. The number of aromatic carboxylic acids is 1. The molecule has 20 heavy (non-hydrogen) atoms. The van der Waals surface area contributed by atoms with Crippen LogP contribution >= 0.6 is 0 Å². The summed E-state index contributed by atoms with van der Waals surface area (Å²) in [4.78, 5) is 30.5. The molecular weight excluding hydrogens is 260 g/mol. The molecular formula is C13H12N4O3. The van der Waals surface area contributed by atoms with Crippen molar-refractivity contribution in [2.45, 2.75) is 6.92 Å². The molecule has 0 aliphatic carbocycles. The van der Waals surface area contributed by atoms with Gasteiger partial charge in [0.1, 0.15) is 0 Å². The number of aromatic nitrogens is 2. The lowest BCUT2D eigenvalue weighted by molar-refractivity contribution is 0.0692. The van der Waals surface area contributed by atoms with E-state index in [0.717, 1.165) is 0 Å². The highest BCUT2D eigenvalue weighted by molar-refractivity contribution is 6.03. The van der Waals surface area contributed by atoms with Crippen molar-refractivity contribution in [3.05, 3.63) is 48.0 Å². The second-order valence-electron chi connectivity index (χ2n) is 3.92. The summed E-state index contributed by atoms with van der Waals surface area (Å²) in [5, 5.41) is 14.0. The molecule has 0 bridgehead atoms. The van der Waals surface area contributed by atoms with Gasteiger partial charge in [0.25, 0.3) is 0 Å². The van der Waals surface area contributed by atoms with E-state index in [-0.39, 0.29) is 11.4 Å². The molecule has 7 nitrogen and oxygen atoms in total. The number of carbonyl (C=O) groups excluding carboxylic acids is 1. The Balaban J connectivity index is 2.13. The van der Waals surface area contributed by atoms with Crippen LogP contribution in [0.1, 0.15) is 16.2 Å². The van der Waals surface area contributed by atoms with Crippen molar-refractivity contribution in [1.82, 2.24) is 9.97 Å². The zero-order chi connectivity index (χ0) is 14.5. The molecule has 102 valence electrons. The van der Waals surface area contributed by atoms with Crippen molar-refractivity contribution in [1.29, 1.82) is 0 Å². The van der Waals surface area contributed by atoms with Gasteiger partial charge in [-0.3, -0.25) is 4.98 Å². The molecule has 0 aliphatic heterocycles. The molecule has 0 aliphatic rings. The fraction of sp³-hybridized carbons (Fsp3) is 0.0769. The van der Waals surface area contributed by atoms with E-state index in [4.69, 9.17) is 5.11 Å². The van der Waals surface area contributed by atoms with Crippen molar-refractivity contribution < 1.29 is 14.7 Å². The molecule has 0 fully saturated rings. The third-order valence-corrected chi connectivity index (χ3v) is 2.51. The first kappa shape index (κ1) is 13.5. The second-order valence-corrected chi connectivity index (χ2v) is 3.92. The largest absolute Gasteiger partial charge is 0.476 e. The molecule has 2 amide bonds. The molecule has 3 N–H and O–H groups in total. The first-order chi connectivity index (χ1) is 9.58. The van der Waals surface area contributed by atoms with Gasteiger partial charge < -0.3 is 15.7 Å². The van der Waals surface area contributed by atoms with E-state index in [1.807, 2.05) is 0 Å². The van der Waals surface area contributed by atoms with Crippen LogP contribution in [0.4, 0.5) is 16.2 Å². The number of aryl methyl sites for hydroxylation is 1. The maximum atomic E-state index is 11.8. The van der Waals surface area contributed by atoms with Gasteiger partial charge in [-0.05, 0) is 31.2 Å². The number of carboxylic acid groups (broad SMARTS) is 1. The highest BCUT2D eigenvalue weighted by Crippen LogP contribution is 2.14. The zero-order valence-electron chi connectivity index (χ0n) is 10.6. The first-order valence-corrected chi connectivity index (χ1v) is 5.76. The van der Waals surface area contributed by atoms with E-state index < -0.39 is 12.0 Å². The number of nitrogens with zero attached hydrogens (tertiary/aromatic N) is 2. The molecule has 7 heteroatoms. The summed E-state index contributed by atoms with van der Waals surface area (Å²) in [5.41, 5.74) is 1.11. The minimum Gasteiger partial charge on any atom is -0.476 e. The van der Waals surface area contributed by atoms with Gasteiger partial charge in [-0.1, -0.05) is 0 Å². The van der Waals surface area contributed by atoms with E-state index in [2.05, 4.69) is 20.6 Å². The normalized spacial score (nSPS) is 9.85. The van der Waals surface area contributed by atoms with Crippen LogP contribution in [-0.2, 0) is 0 Å². The maximum absolute atomic E-state index is 11.8. The number of nitrogens with one attached hydrogen (secondary N) is 2. The Kier molecular flexibility index (Phi) is 3.90. The lowest BCUT2D eigenvalue weighted by atomic mass is 10.3. The quantitative estimate of drug-likeness (QED) is 0.793. The van der Waals surface area contributed by atoms with Crippen LogP contribution in [0.15, 0.2) is 36.7 Å². The summed E-state index contributed by atoms with van der Waals surface area (Å²) in [6.45, 7) is 1.75. The molecule has 0 atom stereocenters. The molecule has 0 aromatic carbocycles. The maximum Gasteiger partial charge on any atom is 0.356 e. The number of hydrogen-bond acceptors (Lipinski definition) is 4. The molecule has 0 saturated heterocycles.